The van der Waals surface area contributed by atoms with Crippen molar-refractivity contribution in [3.8, 4) is 0 Å². The van der Waals surface area contributed by atoms with Crippen LogP contribution in [-0.2, 0) is 0 Å². The van der Waals surface area contributed by atoms with Crippen LogP contribution >= 0.6 is 11.8 Å². The second-order valence-corrected chi connectivity index (χ2v) is 6.64. The van der Waals surface area contributed by atoms with Crippen LogP contribution in [0.2, 0.25) is 0 Å². The molecule has 0 spiro atoms. The summed E-state index contributed by atoms with van der Waals surface area (Å²) in [5.41, 5.74) is 1.43. The van der Waals surface area contributed by atoms with Gasteiger partial charge >= 0.3 is 0 Å². The van der Waals surface area contributed by atoms with E-state index < -0.39 is 0 Å². The third-order valence-corrected chi connectivity index (χ3v) is 4.89. The molecule has 1 rings (SSSR count). The third kappa shape index (κ3) is 5.94. The Labute approximate surface area is 112 Å². The summed E-state index contributed by atoms with van der Waals surface area (Å²) in [6.07, 6.45) is 12.3. The van der Waals surface area contributed by atoms with E-state index in [1.165, 1.54) is 57.1 Å². The lowest BCUT2D eigenvalue weighted by molar-refractivity contribution is 0.573. The van der Waals surface area contributed by atoms with Gasteiger partial charge in [0.25, 0.3) is 0 Å². The first kappa shape index (κ1) is 15.1. The van der Waals surface area contributed by atoms with E-state index in [4.69, 9.17) is 4.99 Å². The van der Waals surface area contributed by atoms with Gasteiger partial charge in [0.2, 0.25) is 0 Å². The number of aliphatic imine (C=N–C) groups is 1. The molecule has 0 fully saturated rings. The van der Waals surface area contributed by atoms with Crippen LogP contribution < -0.4 is 0 Å². The molecule has 0 radical (unpaired) electrons. The molecule has 0 saturated heterocycles. The zero-order valence-corrected chi connectivity index (χ0v) is 12.7. The third-order valence-electron chi connectivity index (χ3n) is 3.56. The van der Waals surface area contributed by atoms with Gasteiger partial charge in [0.15, 0.2) is 0 Å². The predicted molar refractivity (Wildman–Crippen MR) is 81.2 cm³/mol. The van der Waals surface area contributed by atoms with Crippen LogP contribution in [0.3, 0.4) is 0 Å². The predicted octanol–water partition coefficient (Wildman–Crippen LogP) is 5.44. The van der Waals surface area contributed by atoms with E-state index in [2.05, 4.69) is 32.5 Å². The molecule has 1 aliphatic heterocycles. The fourth-order valence-electron chi connectivity index (χ4n) is 2.42. The van der Waals surface area contributed by atoms with Crippen LogP contribution in [0.1, 0.15) is 78.6 Å². The highest BCUT2D eigenvalue weighted by Gasteiger charge is 2.23. The number of nitrogens with zero attached hydrogens (tertiary/aromatic N) is 1. The lowest BCUT2D eigenvalue weighted by Gasteiger charge is -2.07. The van der Waals surface area contributed by atoms with Crippen molar-refractivity contribution in [3.63, 3.8) is 0 Å². The minimum absolute atomic E-state index is 0.579. The van der Waals surface area contributed by atoms with Gasteiger partial charge in [0, 0.05) is 11.0 Å². The Morgan fingerprint density at radius 3 is 2.24 bits per heavy atom. The molecule has 2 heteroatoms. The van der Waals surface area contributed by atoms with Gasteiger partial charge in [-0.2, -0.15) is 0 Å². The highest BCUT2D eigenvalue weighted by molar-refractivity contribution is 8.01. The highest BCUT2D eigenvalue weighted by Crippen LogP contribution is 2.32. The summed E-state index contributed by atoms with van der Waals surface area (Å²) >= 11 is 2.07. The van der Waals surface area contributed by atoms with Crippen molar-refractivity contribution in [3.05, 3.63) is 0 Å². The molecule has 1 heterocycles. The van der Waals surface area contributed by atoms with Crippen LogP contribution in [0.4, 0.5) is 0 Å². The number of hydrogen-bond donors (Lipinski definition) is 0. The molecule has 0 amide bonds. The minimum Gasteiger partial charge on any atom is -0.279 e. The maximum absolute atomic E-state index is 4.81. The van der Waals surface area contributed by atoms with E-state index in [1.807, 2.05) is 0 Å². The standard InChI is InChI=1S/C15H29NS/c1-4-6-7-8-9-10-11-12-15-16-14(5-2)13(3)17-15/h13,15H,4-12H2,1-3H3/t13-,15+/m0/s1. The lowest BCUT2D eigenvalue weighted by atomic mass is 10.1. The zero-order valence-electron chi connectivity index (χ0n) is 11.9. The first-order valence-electron chi connectivity index (χ1n) is 7.50. The zero-order chi connectivity index (χ0) is 12.5. The van der Waals surface area contributed by atoms with Crippen molar-refractivity contribution in [1.82, 2.24) is 0 Å². The van der Waals surface area contributed by atoms with Crippen LogP contribution in [-0.4, -0.2) is 16.3 Å². The Morgan fingerprint density at radius 2 is 1.65 bits per heavy atom. The fraction of sp³-hybridized carbons (Fsp3) is 0.933. The Kier molecular flexibility index (Phi) is 8.00. The fourth-order valence-corrected chi connectivity index (χ4v) is 3.78. The lowest BCUT2D eigenvalue weighted by Crippen LogP contribution is -2.06. The van der Waals surface area contributed by atoms with E-state index in [9.17, 15) is 0 Å². The molecule has 0 aliphatic carbocycles. The summed E-state index contributed by atoms with van der Waals surface area (Å²) in [4.78, 5) is 4.81. The number of thioether (sulfide) groups is 1. The number of unbranched alkanes of at least 4 members (excludes halogenated alkanes) is 6. The van der Waals surface area contributed by atoms with Gasteiger partial charge in [0.1, 0.15) is 0 Å². The molecule has 0 aromatic heterocycles. The van der Waals surface area contributed by atoms with Gasteiger partial charge in [-0.15, -0.1) is 11.8 Å². The summed E-state index contributed by atoms with van der Waals surface area (Å²) in [6.45, 7) is 6.81. The van der Waals surface area contributed by atoms with E-state index in [0.29, 0.717) is 10.6 Å². The van der Waals surface area contributed by atoms with Gasteiger partial charge in [-0.05, 0) is 19.8 Å². The van der Waals surface area contributed by atoms with Crippen molar-refractivity contribution in [2.24, 2.45) is 4.99 Å². The van der Waals surface area contributed by atoms with Crippen LogP contribution in [0.25, 0.3) is 0 Å². The number of rotatable bonds is 9. The van der Waals surface area contributed by atoms with E-state index in [-0.39, 0.29) is 0 Å². The van der Waals surface area contributed by atoms with Crippen LogP contribution in [0, 0.1) is 0 Å². The second-order valence-electron chi connectivity index (χ2n) is 5.12. The SMILES string of the molecule is CCCCCCCCC[C@@H]1N=C(CC)[C@H](C)S1. The summed E-state index contributed by atoms with van der Waals surface area (Å²) in [7, 11) is 0. The molecule has 1 aliphatic rings. The first-order chi connectivity index (χ1) is 8.27. The van der Waals surface area contributed by atoms with Crippen LogP contribution in [0.15, 0.2) is 4.99 Å². The quantitative estimate of drug-likeness (QED) is 0.500. The molecule has 0 saturated carbocycles. The minimum atomic E-state index is 0.579. The molecule has 1 nitrogen and oxygen atoms in total. The average Bonchev–Trinajstić information content (AvgIpc) is 2.68. The van der Waals surface area contributed by atoms with Crippen molar-refractivity contribution in [2.45, 2.75) is 89.2 Å². The molecular formula is C15H29NS. The maximum Gasteiger partial charge on any atom is 0.0957 e. The summed E-state index contributed by atoms with van der Waals surface area (Å²) in [5, 5.41) is 1.25. The van der Waals surface area contributed by atoms with Gasteiger partial charge in [0.05, 0.1) is 5.37 Å². The Hall–Kier alpha value is 0.0200. The molecular weight excluding hydrogens is 226 g/mol. The molecule has 0 aromatic rings. The van der Waals surface area contributed by atoms with Crippen LogP contribution in [0.5, 0.6) is 0 Å². The van der Waals surface area contributed by atoms with Gasteiger partial charge in [-0.25, -0.2) is 0 Å². The van der Waals surface area contributed by atoms with Gasteiger partial charge in [-0.3, -0.25) is 4.99 Å². The Bertz CT molecular complexity index is 225. The molecule has 0 N–H and O–H groups in total. The topological polar surface area (TPSA) is 12.4 Å². The Morgan fingerprint density at radius 1 is 1.00 bits per heavy atom. The molecule has 100 valence electrons. The highest BCUT2D eigenvalue weighted by atomic mass is 32.2. The average molecular weight is 255 g/mol. The molecule has 17 heavy (non-hydrogen) atoms. The number of hydrogen-bond acceptors (Lipinski definition) is 2. The van der Waals surface area contributed by atoms with E-state index in [0.717, 1.165) is 6.42 Å². The molecule has 0 aromatic carbocycles. The molecule has 2 atom stereocenters. The Balaban J connectivity index is 1.99. The largest absolute Gasteiger partial charge is 0.279 e. The summed E-state index contributed by atoms with van der Waals surface area (Å²) in [6, 6.07) is 0. The van der Waals surface area contributed by atoms with Gasteiger partial charge in [-0.1, -0.05) is 58.8 Å². The normalized spacial score (nSPS) is 24.1. The van der Waals surface area contributed by atoms with Crippen molar-refractivity contribution in [2.75, 3.05) is 0 Å². The summed E-state index contributed by atoms with van der Waals surface area (Å²) < 4.78 is 0. The van der Waals surface area contributed by atoms with Crippen molar-refractivity contribution in [1.29, 1.82) is 0 Å². The van der Waals surface area contributed by atoms with Crippen molar-refractivity contribution >= 4 is 17.5 Å². The van der Waals surface area contributed by atoms with E-state index in [1.54, 1.807) is 0 Å². The molecule has 0 bridgehead atoms. The van der Waals surface area contributed by atoms with E-state index >= 15 is 0 Å². The summed E-state index contributed by atoms with van der Waals surface area (Å²) in [5.74, 6) is 0. The smallest absolute Gasteiger partial charge is 0.0957 e. The molecule has 0 unspecified atom stereocenters. The second kappa shape index (κ2) is 9.02. The van der Waals surface area contributed by atoms with Crippen molar-refractivity contribution < 1.29 is 0 Å². The first-order valence-corrected chi connectivity index (χ1v) is 8.44. The van der Waals surface area contributed by atoms with Gasteiger partial charge < -0.3 is 0 Å². The monoisotopic (exact) mass is 255 g/mol. The maximum atomic E-state index is 4.81.